The molecular formula is C29H26ClF2N7O3. The van der Waals surface area contributed by atoms with Gasteiger partial charge in [0.05, 0.1) is 28.8 Å². The second-order valence-electron chi connectivity index (χ2n) is 10.5. The number of anilines is 1. The molecule has 216 valence electrons. The predicted octanol–water partition coefficient (Wildman–Crippen LogP) is 4.20. The van der Waals surface area contributed by atoms with E-state index in [1.807, 2.05) is 18.7 Å². The molecule has 0 saturated carbocycles. The number of benzene rings is 1. The second kappa shape index (κ2) is 10.4. The fourth-order valence-corrected chi connectivity index (χ4v) is 5.85. The zero-order chi connectivity index (χ0) is 29.9. The van der Waals surface area contributed by atoms with Gasteiger partial charge in [-0.2, -0.15) is 4.98 Å². The summed E-state index contributed by atoms with van der Waals surface area (Å²) in [6.45, 7) is 10.2. The Kier molecular flexibility index (Phi) is 6.88. The number of aromatic nitrogens is 5. The van der Waals surface area contributed by atoms with Crippen LogP contribution in [0, 0.1) is 18.6 Å². The van der Waals surface area contributed by atoms with Gasteiger partial charge in [0, 0.05) is 25.2 Å². The maximum atomic E-state index is 15.1. The number of nitrogens with zero attached hydrogens (tertiary/aromatic N) is 7. The second-order valence-corrected chi connectivity index (χ2v) is 10.8. The molecule has 0 unspecified atom stereocenters. The SMILES string of the molecule is C=CC(=O)N1CCN2c3nc(=O)n(-c4c(C)ncnc4C(C)C)c4nc(-c5cccc(F)c5F)c(Cl)c(c34)OC[C@H]2C1. The lowest BCUT2D eigenvalue weighted by Crippen LogP contribution is -2.56. The molecule has 6 rings (SSSR count). The summed E-state index contributed by atoms with van der Waals surface area (Å²) in [7, 11) is 0. The first-order valence-corrected chi connectivity index (χ1v) is 13.7. The van der Waals surface area contributed by atoms with E-state index in [1.165, 1.54) is 29.1 Å². The van der Waals surface area contributed by atoms with Crippen LogP contribution in [0.2, 0.25) is 5.02 Å². The van der Waals surface area contributed by atoms with Crippen molar-refractivity contribution in [2.75, 3.05) is 31.1 Å². The smallest absolute Gasteiger partial charge is 0.355 e. The molecule has 1 saturated heterocycles. The summed E-state index contributed by atoms with van der Waals surface area (Å²) in [6.07, 6.45) is 2.66. The number of pyridine rings is 1. The van der Waals surface area contributed by atoms with Gasteiger partial charge in [-0.05, 0) is 31.1 Å². The van der Waals surface area contributed by atoms with Gasteiger partial charge in [0.1, 0.15) is 29.2 Å². The molecule has 0 bridgehead atoms. The normalized spacial score (nSPS) is 16.3. The summed E-state index contributed by atoms with van der Waals surface area (Å²) >= 11 is 6.86. The van der Waals surface area contributed by atoms with Gasteiger partial charge < -0.3 is 14.5 Å². The maximum absolute atomic E-state index is 15.1. The van der Waals surface area contributed by atoms with E-state index in [-0.39, 0.29) is 64.5 Å². The van der Waals surface area contributed by atoms with E-state index >= 15 is 4.39 Å². The summed E-state index contributed by atoms with van der Waals surface area (Å²) in [5.74, 6) is -2.17. The van der Waals surface area contributed by atoms with Crippen molar-refractivity contribution < 1.29 is 18.3 Å². The van der Waals surface area contributed by atoms with Crippen LogP contribution in [0.5, 0.6) is 5.75 Å². The number of piperazine rings is 1. The van der Waals surface area contributed by atoms with Gasteiger partial charge in [-0.25, -0.2) is 33.1 Å². The van der Waals surface area contributed by atoms with Crippen molar-refractivity contribution in [3.05, 3.63) is 75.7 Å². The topological polar surface area (TPSA) is 106 Å². The number of carbonyl (C=O) groups excluding carboxylic acids is 1. The van der Waals surface area contributed by atoms with Gasteiger partial charge in [-0.3, -0.25) is 4.79 Å². The van der Waals surface area contributed by atoms with E-state index in [0.717, 1.165) is 6.07 Å². The van der Waals surface area contributed by atoms with Gasteiger partial charge in [0.15, 0.2) is 23.0 Å². The molecule has 2 aliphatic heterocycles. The first-order valence-electron chi connectivity index (χ1n) is 13.4. The van der Waals surface area contributed by atoms with Crippen molar-refractivity contribution in [1.82, 2.24) is 29.4 Å². The predicted molar refractivity (Wildman–Crippen MR) is 153 cm³/mol. The summed E-state index contributed by atoms with van der Waals surface area (Å²) in [5.41, 5.74) is 0.544. The molecule has 2 aliphatic rings. The van der Waals surface area contributed by atoms with Crippen molar-refractivity contribution in [2.45, 2.75) is 32.7 Å². The largest absolute Gasteiger partial charge is 0.489 e. The van der Waals surface area contributed by atoms with Crippen LogP contribution in [0.15, 0.2) is 42.0 Å². The molecule has 1 atom stereocenters. The molecule has 42 heavy (non-hydrogen) atoms. The summed E-state index contributed by atoms with van der Waals surface area (Å²) in [5, 5.41) is 0.258. The number of hydrogen-bond donors (Lipinski definition) is 0. The molecule has 3 aromatic heterocycles. The third kappa shape index (κ3) is 4.28. The molecule has 1 aromatic carbocycles. The first kappa shape index (κ1) is 27.7. The van der Waals surface area contributed by atoms with Gasteiger partial charge in [0.2, 0.25) is 5.91 Å². The Hall–Kier alpha value is -4.45. The van der Waals surface area contributed by atoms with Crippen LogP contribution in [-0.4, -0.2) is 67.6 Å². The number of halogens is 3. The van der Waals surface area contributed by atoms with Crippen LogP contribution in [0.25, 0.3) is 28.0 Å². The highest BCUT2D eigenvalue weighted by molar-refractivity contribution is 6.36. The van der Waals surface area contributed by atoms with Gasteiger partial charge in [0.25, 0.3) is 0 Å². The number of hydrogen-bond acceptors (Lipinski definition) is 8. The van der Waals surface area contributed by atoms with Crippen LogP contribution < -0.4 is 15.3 Å². The lowest BCUT2D eigenvalue weighted by atomic mass is 10.1. The average molecular weight is 594 g/mol. The van der Waals surface area contributed by atoms with E-state index in [2.05, 4.69) is 21.5 Å². The van der Waals surface area contributed by atoms with Crippen molar-refractivity contribution in [3.8, 4) is 22.7 Å². The Labute approximate surface area is 244 Å². The minimum atomic E-state index is -1.15. The first-order chi connectivity index (χ1) is 20.1. The number of fused-ring (bicyclic) bond motifs is 2. The van der Waals surface area contributed by atoms with Crippen LogP contribution >= 0.6 is 11.6 Å². The third-order valence-electron chi connectivity index (χ3n) is 7.58. The number of amides is 1. The van der Waals surface area contributed by atoms with Gasteiger partial charge >= 0.3 is 5.69 Å². The molecule has 4 aromatic rings. The van der Waals surface area contributed by atoms with Gasteiger partial charge in [-0.1, -0.05) is 38.1 Å². The fraction of sp³-hybridized carbons (Fsp3) is 0.310. The molecule has 0 spiro atoms. The molecule has 5 heterocycles. The Morgan fingerprint density at radius 1 is 1.21 bits per heavy atom. The zero-order valence-corrected chi connectivity index (χ0v) is 23.8. The van der Waals surface area contributed by atoms with Crippen LogP contribution in [0.4, 0.5) is 14.6 Å². The van der Waals surface area contributed by atoms with Crippen molar-refractivity contribution >= 4 is 34.4 Å². The third-order valence-corrected chi connectivity index (χ3v) is 7.93. The maximum Gasteiger partial charge on any atom is 0.355 e. The van der Waals surface area contributed by atoms with Crippen LogP contribution in [-0.2, 0) is 4.79 Å². The number of ether oxygens (including phenoxy) is 1. The van der Waals surface area contributed by atoms with Crippen LogP contribution in [0.1, 0.15) is 31.2 Å². The highest BCUT2D eigenvalue weighted by atomic mass is 35.5. The van der Waals surface area contributed by atoms with Gasteiger partial charge in [-0.15, -0.1) is 0 Å². The Morgan fingerprint density at radius 3 is 2.74 bits per heavy atom. The Balaban J connectivity index is 1.71. The number of carbonyl (C=O) groups is 1. The number of aryl methyl sites for hydroxylation is 1. The lowest BCUT2D eigenvalue weighted by molar-refractivity contribution is -0.126. The Bertz CT molecular complexity index is 1840. The summed E-state index contributed by atoms with van der Waals surface area (Å²) in [6, 6.07) is 3.30. The Morgan fingerprint density at radius 2 is 2.00 bits per heavy atom. The average Bonchev–Trinajstić information content (AvgIpc) is 3.13. The zero-order valence-electron chi connectivity index (χ0n) is 23.1. The molecule has 1 amide bonds. The van der Waals surface area contributed by atoms with E-state index in [1.54, 1.807) is 11.8 Å². The van der Waals surface area contributed by atoms with E-state index in [4.69, 9.17) is 21.3 Å². The van der Waals surface area contributed by atoms with Crippen molar-refractivity contribution in [3.63, 3.8) is 0 Å². The molecule has 1 fully saturated rings. The quantitative estimate of drug-likeness (QED) is 0.324. The van der Waals surface area contributed by atoms with E-state index in [0.29, 0.717) is 35.6 Å². The molecule has 0 radical (unpaired) electrons. The van der Waals surface area contributed by atoms with E-state index in [9.17, 15) is 14.0 Å². The summed E-state index contributed by atoms with van der Waals surface area (Å²) < 4.78 is 37.1. The highest BCUT2D eigenvalue weighted by Crippen LogP contribution is 2.45. The minimum absolute atomic E-state index is 0.0655. The highest BCUT2D eigenvalue weighted by Gasteiger charge is 2.37. The number of rotatable bonds is 4. The molecule has 10 nitrogen and oxygen atoms in total. The standard InChI is InChI=1S/C29H26ClF2N7O3/c1-5-19(40)37-9-10-38-16(11-37)12-42-26-20-27(38)36-29(41)39(25-15(4)33-13-34-23(25)14(2)3)28(20)35-24(21(26)30)17-7-6-8-18(31)22(17)32/h5-8,13-14,16H,1,9-12H2,2-4H3/t16-/m1/s1. The van der Waals surface area contributed by atoms with Crippen molar-refractivity contribution in [2.24, 2.45) is 0 Å². The monoisotopic (exact) mass is 593 g/mol. The van der Waals surface area contributed by atoms with Crippen LogP contribution in [0.3, 0.4) is 0 Å². The summed E-state index contributed by atoms with van der Waals surface area (Å²) in [4.78, 5) is 47.9. The molecule has 13 heteroatoms. The minimum Gasteiger partial charge on any atom is -0.489 e. The molecular weight excluding hydrogens is 568 g/mol. The molecule has 0 N–H and O–H groups in total. The molecule has 0 aliphatic carbocycles. The van der Waals surface area contributed by atoms with Crippen molar-refractivity contribution in [1.29, 1.82) is 0 Å². The van der Waals surface area contributed by atoms with E-state index < -0.39 is 17.3 Å². The fourth-order valence-electron chi connectivity index (χ4n) is 5.56. The lowest BCUT2D eigenvalue weighted by Gasteiger charge is -2.40.